The highest BCUT2D eigenvalue weighted by molar-refractivity contribution is 9.09. The van der Waals surface area contributed by atoms with Gasteiger partial charge in [-0.3, -0.25) is 0 Å². The molecule has 0 aromatic rings. The lowest BCUT2D eigenvalue weighted by molar-refractivity contribution is -0.0151. The predicted octanol–water partition coefficient (Wildman–Crippen LogP) is 0.0817. The van der Waals surface area contributed by atoms with Gasteiger partial charge in [-0.15, -0.1) is 0 Å². The van der Waals surface area contributed by atoms with Crippen LogP contribution in [0.5, 0.6) is 0 Å². The summed E-state index contributed by atoms with van der Waals surface area (Å²) in [4.78, 5) is 0. The van der Waals surface area contributed by atoms with Crippen LogP contribution in [0.4, 0.5) is 0 Å². The maximum absolute atomic E-state index is 8.45. The fourth-order valence-electron chi connectivity index (χ4n) is 1.19. The van der Waals surface area contributed by atoms with Crippen LogP contribution < -0.4 is 0 Å². The first-order valence-corrected chi connectivity index (χ1v) is 9.10. The van der Waals surface area contributed by atoms with Crippen molar-refractivity contribution in [3.63, 3.8) is 0 Å². The summed E-state index contributed by atoms with van der Waals surface area (Å²) in [6.07, 6.45) is 0. The van der Waals surface area contributed by atoms with Crippen LogP contribution in [0, 0.1) is 0 Å². The van der Waals surface area contributed by atoms with E-state index in [0.717, 1.165) is 11.9 Å². The molecule has 0 saturated carbocycles. The Labute approximate surface area is 153 Å². The van der Waals surface area contributed by atoms with Gasteiger partial charge in [-0.1, -0.05) is 15.9 Å². The van der Waals surface area contributed by atoms with Crippen LogP contribution in [0.1, 0.15) is 0 Å². The molecule has 0 aliphatic carbocycles. The van der Waals surface area contributed by atoms with Crippen molar-refractivity contribution in [3.05, 3.63) is 0 Å². The Morgan fingerprint density at radius 2 is 0.833 bits per heavy atom. The highest BCUT2D eigenvalue weighted by Gasteiger charge is 1.92. The third-order valence-electron chi connectivity index (χ3n) is 2.24. The molecule has 2 N–H and O–H groups in total. The Hall–Kier alpha value is 0.160. The fraction of sp³-hybridized carbons (Fsp3) is 1.00. The number of alkyl halides is 1. The third-order valence-corrected chi connectivity index (χ3v) is 2.56. The van der Waals surface area contributed by atoms with E-state index in [1.165, 1.54) is 0 Å². The first-order valence-electron chi connectivity index (χ1n) is 7.98. The molecule has 0 rings (SSSR count). The van der Waals surface area contributed by atoms with Crippen molar-refractivity contribution in [2.75, 3.05) is 98.3 Å². The average molecular weight is 421 g/mol. The maximum Gasteiger partial charge on any atom is 0.0701 e. The molecule has 0 aliphatic heterocycles. The van der Waals surface area contributed by atoms with Crippen molar-refractivity contribution in [2.24, 2.45) is 0 Å². The lowest BCUT2D eigenvalue weighted by atomic mass is 10.7. The van der Waals surface area contributed by atoms with Gasteiger partial charge in [-0.2, -0.15) is 0 Å². The molecule has 0 aromatic heterocycles. The van der Waals surface area contributed by atoms with E-state index in [1.807, 2.05) is 0 Å². The Bertz CT molecular complexity index is 182. The molecule has 0 saturated heterocycles. The highest BCUT2D eigenvalue weighted by Crippen LogP contribution is 1.83. The summed E-state index contributed by atoms with van der Waals surface area (Å²) in [5, 5.41) is 17.8. The summed E-state index contributed by atoms with van der Waals surface area (Å²) >= 11 is 3.18. The van der Waals surface area contributed by atoms with Gasteiger partial charge in [0, 0.05) is 12.4 Å². The van der Waals surface area contributed by atoms with Crippen LogP contribution in [0.15, 0.2) is 0 Å². The molecule has 0 atom stereocenters. The SMILES string of the molecule is COCCBr.OCCOCCOCCOCCOCCOCCO. The van der Waals surface area contributed by atoms with Crippen molar-refractivity contribution >= 4 is 15.9 Å². The van der Waals surface area contributed by atoms with Gasteiger partial charge in [-0.25, -0.2) is 0 Å². The number of hydrogen-bond donors (Lipinski definition) is 2. The molecule has 0 aromatic carbocycles. The maximum atomic E-state index is 8.45. The number of methoxy groups -OCH3 is 1. The number of ether oxygens (including phenoxy) is 6. The van der Waals surface area contributed by atoms with Crippen molar-refractivity contribution in [3.8, 4) is 0 Å². The first-order chi connectivity index (χ1) is 11.8. The van der Waals surface area contributed by atoms with Crippen LogP contribution >= 0.6 is 15.9 Å². The molecule has 0 spiro atoms. The quantitative estimate of drug-likeness (QED) is 0.237. The smallest absolute Gasteiger partial charge is 0.0701 e. The zero-order valence-electron chi connectivity index (χ0n) is 14.6. The minimum atomic E-state index is 0.0359. The van der Waals surface area contributed by atoms with E-state index < -0.39 is 0 Å². The molecule has 0 unspecified atom stereocenters. The largest absolute Gasteiger partial charge is 0.394 e. The summed E-state index contributed by atoms with van der Waals surface area (Å²) in [6, 6.07) is 0. The van der Waals surface area contributed by atoms with Crippen LogP contribution in [-0.2, 0) is 28.4 Å². The lowest BCUT2D eigenvalue weighted by Gasteiger charge is -2.07. The van der Waals surface area contributed by atoms with E-state index in [1.54, 1.807) is 7.11 Å². The number of aliphatic hydroxyl groups excluding tert-OH is 2. The Morgan fingerprint density at radius 3 is 1.00 bits per heavy atom. The number of aliphatic hydroxyl groups is 2. The zero-order chi connectivity index (χ0) is 18.1. The summed E-state index contributed by atoms with van der Waals surface area (Å²) in [5.74, 6) is 0. The number of rotatable bonds is 18. The molecule has 0 bridgehead atoms. The van der Waals surface area contributed by atoms with Crippen molar-refractivity contribution in [1.29, 1.82) is 0 Å². The van der Waals surface area contributed by atoms with E-state index in [0.29, 0.717) is 66.1 Å². The van der Waals surface area contributed by atoms with Gasteiger partial charge in [0.25, 0.3) is 0 Å². The van der Waals surface area contributed by atoms with E-state index in [9.17, 15) is 0 Å². The van der Waals surface area contributed by atoms with E-state index in [4.69, 9.17) is 33.9 Å². The molecule has 0 heterocycles. The van der Waals surface area contributed by atoms with Crippen molar-refractivity contribution in [2.45, 2.75) is 0 Å². The summed E-state index contributed by atoms with van der Waals surface area (Å²) in [6.45, 7) is 5.61. The second-order valence-electron chi connectivity index (χ2n) is 4.19. The monoisotopic (exact) mass is 420 g/mol. The summed E-state index contributed by atoms with van der Waals surface area (Å²) < 4.78 is 30.4. The standard InChI is InChI=1S/C12H26O7.C3H7BrO/c13-1-3-15-5-7-17-9-11-19-12-10-18-8-6-16-4-2-14;1-5-3-2-4/h13-14H,1-12H2;2-3H2,1H3. The summed E-state index contributed by atoms with van der Waals surface area (Å²) in [5.41, 5.74) is 0. The third kappa shape index (κ3) is 30.1. The second-order valence-corrected chi connectivity index (χ2v) is 4.98. The predicted molar refractivity (Wildman–Crippen MR) is 93.9 cm³/mol. The molecule has 9 heteroatoms. The molecule has 0 fully saturated rings. The molecular weight excluding hydrogens is 388 g/mol. The van der Waals surface area contributed by atoms with Gasteiger partial charge in [0.05, 0.1) is 85.9 Å². The molecular formula is C15H33BrO8. The number of hydrogen-bond acceptors (Lipinski definition) is 8. The topological polar surface area (TPSA) is 95.8 Å². The molecule has 8 nitrogen and oxygen atoms in total. The minimum absolute atomic E-state index is 0.0359. The van der Waals surface area contributed by atoms with Gasteiger partial charge in [0.2, 0.25) is 0 Å². The molecule has 24 heavy (non-hydrogen) atoms. The van der Waals surface area contributed by atoms with Crippen LogP contribution in [0.2, 0.25) is 0 Å². The van der Waals surface area contributed by atoms with E-state index >= 15 is 0 Å². The molecule has 0 amide bonds. The fourth-order valence-corrected chi connectivity index (χ4v) is 1.51. The van der Waals surface area contributed by atoms with Crippen molar-refractivity contribution in [1.82, 2.24) is 0 Å². The average Bonchev–Trinajstić information content (AvgIpc) is 2.60. The van der Waals surface area contributed by atoms with Gasteiger partial charge in [0.15, 0.2) is 0 Å². The molecule has 148 valence electrons. The lowest BCUT2D eigenvalue weighted by Crippen LogP contribution is -2.14. The van der Waals surface area contributed by atoms with Gasteiger partial charge in [0.1, 0.15) is 0 Å². The Balaban J connectivity index is 0. The number of halogens is 1. The van der Waals surface area contributed by atoms with Crippen LogP contribution in [0.25, 0.3) is 0 Å². The Kier molecular flexibility index (Phi) is 30.8. The molecule has 0 radical (unpaired) electrons. The van der Waals surface area contributed by atoms with Gasteiger partial charge >= 0.3 is 0 Å². The first kappa shape index (κ1) is 26.4. The van der Waals surface area contributed by atoms with Crippen LogP contribution in [0.3, 0.4) is 0 Å². The summed E-state index contributed by atoms with van der Waals surface area (Å²) in [7, 11) is 1.68. The second kappa shape index (κ2) is 28.0. The van der Waals surface area contributed by atoms with E-state index in [2.05, 4.69) is 20.7 Å². The zero-order valence-corrected chi connectivity index (χ0v) is 16.2. The van der Waals surface area contributed by atoms with Crippen molar-refractivity contribution < 1.29 is 38.6 Å². The normalized spacial score (nSPS) is 10.5. The minimum Gasteiger partial charge on any atom is -0.394 e. The van der Waals surface area contributed by atoms with Gasteiger partial charge < -0.3 is 38.6 Å². The van der Waals surface area contributed by atoms with Crippen LogP contribution in [-0.4, -0.2) is 109 Å². The highest BCUT2D eigenvalue weighted by atomic mass is 79.9. The Morgan fingerprint density at radius 1 is 0.542 bits per heavy atom. The van der Waals surface area contributed by atoms with Gasteiger partial charge in [-0.05, 0) is 0 Å². The van der Waals surface area contributed by atoms with E-state index in [-0.39, 0.29) is 13.2 Å². The molecule has 0 aliphatic rings.